The zero-order valence-corrected chi connectivity index (χ0v) is 18.3. The second kappa shape index (κ2) is 16.4. The van der Waals surface area contributed by atoms with Crippen LogP contribution in [0.2, 0.25) is 0 Å². The summed E-state index contributed by atoms with van der Waals surface area (Å²) in [5.74, 6) is 0.388. The molecule has 0 aliphatic rings. The highest BCUT2D eigenvalue weighted by atomic mass is 16.5. The molecule has 0 aliphatic carbocycles. The number of aromatic hydroxyl groups is 1. The first-order valence-electron chi connectivity index (χ1n) is 11.6. The SMILES string of the molecule is CCCCCCCCC(CCCCC)CCCCOC(=O)c1ccccc1O. The number of carbonyl (C=O) groups is 1. The van der Waals surface area contributed by atoms with Crippen LogP contribution in [0.5, 0.6) is 5.75 Å². The lowest BCUT2D eigenvalue weighted by atomic mass is 9.90. The van der Waals surface area contributed by atoms with Crippen molar-refractivity contribution in [2.45, 2.75) is 104 Å². The van der Waals surface area contributed by atoms with Crippen molar-refractivity contribution in [2.75, 3.05) is 6.61 Å². The summed E-state index contributed by atoms with van der Waals surface area (Å²) in [6, 6.07) is 6.55. The van der Waals surface area contributed by atoms with Crippen molar-refractivity contribution < 1.29 is 14.6 Å². The van der Waals surface area contributed by atoms with Gasteiger partial charge in [-0.05, 0) is 30.9 Å². The molecule has 1 aromatic rings. The Labute approximate surface area is 172 Å². The van der Waals surface area contributed by atoms with Gasteiger partial charge in [-0.1, -0.05) is 103 Å². The molecule has 1 unspecified atom stereocenters. The molecular formula is C25H42O3. The molecule has 0 spiro atoms. The first-order valence-corrected chi connectivity index (χ1v) is 11.6. The van der Waals surface area contributed by atoms with E-state index in [0.717, 1.165) is 18.8 Å². The number of ether oxygens (including phenoxy) is 1. The number of rotatable bonds is 17. The van der Waals surface area contributed by atoms with Gasteiger partial charge < -0.3 is 9.84 Å². The minimum atomic E-state index is -0.426. The third-order valence-corrected chi connectivity index (χ3v) is 5.55. The lowest BCUT2D eigenvalue weighted by Crippen LogP contribution is -2.07. The van der Waals surface area contributed by atoms with E-state index in [9.17, 15) is 9.90 Å². The standard InChI is InChI=1S/C25H42O3/c1-3-5-7-8-9-11-17-22(16-10-6-4-2)18-14-15-21-28-25(27)23-19-12-13-20-24(23)26/h12-13,19-20,22,26H,3-11,14-18,21H2,1-2H3. The van der Waals surface area contributed by atoms with E-state index in [1.807, 2.05) is 0 Å². The second-order valence-electron chi connectivity index (χ2n) is 8.07. The Kier molecular flexibility index (Phi) is 14.4. The van der Waals surface area contributed by atoms with Gasteiger partial charge in [-0.3, -0.25) is 0 Å². The fraction of sp³-hybridized carbons (Fsp3) is 0.720. The molecule has 0 aromatic heterocycles. The smallest absolute Gasteiger partial charge is 0.341 e. The summed E-state index contributed by atoms with van der Waals surface area (Å²) in [6.07, 6.45) is 18.1. The quantitative estimate of drug-likeness (QED) is 0.219. The highest BCUT2D eigenvalue weighted by Crippen LogP contribution is 2.24. The van der Waals surface area contributed by atoms with Crippen molar-refractivity contribution in [3.8, 4) is 5.75 Å². The van der Waals surface area contributed by atoms with Crippen molar-refractivity contribution in [3.63, 3.8) is 0 Å². The largest absolute Gasteiger partial charge is 0.507 e. The summed E-state index contributed by atoms with van der Waals surface area (Å²) < 4.78 is 5.33. The maximum atomic E-state index is 12.0. The van der Waals surface area contributed by atoms with E-state index in [4.69, 9.17) is 4.74 Å². The number of carbonyl (C=O) groups excluding carboxylic acids is 1. The van der Waals surface area contributed by atoms with Crippen LogP contribution in [0.25, 0.3) is 0 Å². The lowest BCUT2D eigenvalue weighted by Gasteiger charge is -2.17. The minimum Gasteiger partial charge on any atom is -0.507 e. The van der Waals surface area contributed by atoms with Gasteiger partial charge >= 0.3 is 5.97 Å². The highest BCUT2D eigenvalue weighted by molar-refractivity contribution is 5.92. The molecule has 1 aromatic carbocycles. The van der Waals surface area contributed by atoms with Crippen LogP contribution in [0.3, 0.4) is 0 Å². The van der Waals surface area contributed by atoms with Gasteiger partial charge in [0.1, 0.15) is 11.3 Å². The molecule has 0 aliphatic heterocycles. The molecule has 3 nitrogen and oxygen atoms in total. The molecule has 1 atom stereocenters. The number of hydrogen-bond acceptors (Lipinski definition) is 3. The number of hydrogen-bond donors (Lipinski definition) is 1. The summed E-state index contributed by atoms with van der Waals surface area (Å²) in [5.41, 5.74) is 0.253. The van der Waals surface area contributed by atoms with Crippen molar-refractivity contribution in [1.29, 1.82) is 0 Å². The van der Waals surface area contributed by atoms with Crippen LogP contribution in [0.15, 0.2) is 24.3 Å². The van der Waals surface area contributed by atoms with Crippen LogP contribution in [0.4, 0.5) is 0 Å². The van der Waals surface area contributed by atoms with Crippen LogP contribution in [0.1, 0.15) is 114 Å². The van der Waals surface area contributed by atoms with E-state index >= 15 is 0 Å². The number of benzene rings is 1. The Morgan fingerprint density at radius 3 is 2.04 bits per heavy atom. The van der Waals surface area contributed by atoms with E-state index in [0.29, 0.717) is 6.61 Å². The highest BCUT2D eigenvalue weighted by Gasteiger charge is 2.12. The number of phenolic OH excluding ortho intramolecular Hbond substituents is 1. The van der Waals surface area contributed by atoms with Crippen LogP contribution >= 0.6 is 0 Å². The average molecular weight is 391 g/mol. The Balaban J connectivity index is 2.21. The number of para-hydroxylation sites is 1. The van der Waals surface area contributed by atoms with Gasteiger partial charge in [0, 0.05) is 0 Å². The molecule has 0 bridgehead atoms. The molecule has 28 heavy (non-hydrogen) atoms. The van der Waals surface area contributed by atoms with Crippen molar-refractivity contribution in [1.82, 2.24) is 0 Å². The fourth-order valence-electron chi connectivity index (χ4n) is 3.75. The van der Waals surface area contributed by atoms with Crippen molar-refractivity contribution in [3.05, 3.63) is 29.8 Å². The van der Waals surface area contributed by atoms with Crippen LogP contribution in [-0.4, -0.2) is 17.7 Å². The van der Waals surface area contributed by atoms with Crippen molar-refractivity contribution >= 4 is 5.97 Å². The zero-order valence-electron chi connectivity index (χ0n) is 18.3. The molecule has 3 heteroatoms. The Morgan fingerprint density at radius 2 is 1.36 bits per heavy atom. The third kappa shape index (κ3) is 11.4. The Bertz CT molecular complexity index is 512. The average Bonchev–Trinajstić information content (AvgIpc) is 2.70. The predicted molar refractivity (Wildman–Crippen MR) is 118 cm³/mol. The van der Waals surface area contributed by atoms with E-state index in [2.05, 4.69) is 13.8 Å². The van der Waals surface area contributed by atoms with E-state index in [1.54, 1.807) is 18.2 Å². The number of phenols is 1. The summed E-state index contributed by atoms with van der Waals surface area (Å²) in [7, 11) is 0. The molecule has 0 heterocycles. The second-order valence-corrected chi connectivity index (χ2v) is 8.07. The first-order chi connectivity index (χ1) is 13.7. The third-order valence-electron chi connectivity index (χ3n) is 5.55. The van der Waals surface area contributed by atoms with Crippen LogP contribution in [-0.2, 0) is 4.74 Å². The maximum absolute atomic E-state index is 12.0. The van der Waals surface area contributed by atoms with Gasteiger partial charge in [0.15, 0.2) is 0 Å². The number of esters is 1. The van der Waals surface area contributed by atoms with Crippen LogP contribution < -0.4 is 0 Å². The van der Waals surface area contributed by atoms with E-state index in [1.165, 1.54) is 83.1 Å². The molecule has 1 rings (SSSR count). The molecule has 0 saturated heterocycles. The van der Waals surface area contributed by atoms with Crippen LogP contribution in [0, 0.1) is 5.92 Å². The maximum Gasteiger partial charge on any atom is 0.341 e. The molecule has 0 amide bonds. The minimum absolute atomic E-state index is 0.0116. The molecular weight excluding hydrogens is 348 g/mol. The first kappa shape index (κ1) is 24.5. The molecule has 1 N–H and O–H groups in total. The van der Waals surface area contributed by atoms with Gasteiger partial charge in [0.2, 0.25) is 0 Å². The normalized spacial score (nSPS) is 12.1. The summed E-state index contributed by atoms with van der Waals surface area (Å²) in [4.78, 5) is 12.0. The number of unbranched alkanes of at least 4 members (excludes halogenated alkanes) is 8. The van der Waals surface area contributed by atoms with Gasteiger partial charge in [-0.15, -0.1) is 0 Å². The molecule has 0 radical (unpaired) electrons. The van der Waals surface area contributed by atoms with Gasteiger partial charge in [-0.2, -0.15) is 0 Å². The molecule has 0 fully saturated rings. The summed E-state index contributed by atoms with van der Waals surface area (Å²) >= 11 is 0. The van der Waals surface area contributed by atoms with Gasteiger partial charge in [0.05, 0.1) is 6.61 Å². The van der Waals surface area contributed by atoms with Gasteiger partial charge in [0.25, 0.3) is 0 Å². The monoisotopic (exact) mass is 390 g/mol. The summed E-state index contributed by atoms with van der Waals surface area (Å²) in [6.45, 7) is 4.97. The Morgan fingerprint density at radius 1 is 0.821 bits per heavy atom. The fourth-order valence-corrected chi connectivity index (χ4v) is 3.75. The van der Waals surface area contributed by atoms with E-state index in [-0.39, 0.29) is 11.3 Å². The van der Waals surface area contributed by atoms with Crippen molar-refractivity contribution in [2.24, 2.45) is 5.92 Å². The predicted octanol–water partition coefficient (Wildman–Crippen LogP) is 7.67. The summed E-state index contributed by atoms with van der Waals surface area (Å²) in [5, 5.41) is 9.71. The Hall–Kier alpha value is -1.51. The molecule has 160 valence electrons. The van der Waals surface area contributed by atoms with Gasteiger partial charge in [-0.25, -0.2) is 4.79 Å². The topological polar surface area (TPSA) is 46.5 Å². The lowest BCUT2D eigenvalue weighted by molar-refractivity contribution is 0.0493. The van der Waals surface area contributed by atoms with E-state index < -0.39 is 5.97 Å². The molecule has 0 saturated carbocycles. The zero-order chi connectivity index (χ0) is 20.5.